The van der Waals surface area contributed by atoms with Crippen molar-refractivity contribution in [3.63, 3.8) is 0 Å². The fourth-order valence-corrected chi connectivity index (χ4v) is 3.56. The Morgan fingerprint density at radius 3 is 2.63 bits per heavy atom. The molecule has 2 aromatic heterocycles. The van der Waals surface area contributed by atoms with Crippen LogP contribution >= 0.6 is 0 Å². The van der Waals surface area contributed by atoms with Gasteiger partial charge in [0.15, 0.2) is 5.65 Å². The third-order valence-electron chi connectivity index (χ3n) is 4.88. The minimum Gasteiger partial charge on any atom is -0.379 e. The van der Waals surface area contributed by atoms with E-state index in [1.807, 2.05) is 20.8 Å². The molecule has 2 N–H and O–H groups in total. The van der Waals surface area contributed by atoms with Crippen LogP contribution in [0.15, 0.2) is 11.0 Å². The van der Waals surface area contributed by atoms with Crippen LogP contribution < -0.4 is 10.9 Å². The molecule has 0 saturated carbocycles. The molecular formula is C19H32N6O2. The highest BCUT2D eigenvalue weighted by molar-refractivity contribution is 5.74. The summed E-state index contributed by atoms with van der Waals surface area (Å²) in [4.78, 5) is 22.4. The average Bonchev–Trinajstić information content (AvgIpc) is 3.04. The Kier molecular flexibility index (Phi) is 5.86. The minimum absolute atomic E-state index is 0.162. The standard InChI is InChI=1S/C19H32N6O2/c1-13(2)10-14(24-6-8-27-9-7-24)11-20-18-22-16-15(17(26)23-18)12-21-25(16)19(3,4)5/h12-14H,6-11H2,1-5H3,(H2,20,22,23,26). The quantitative estimate of drug-likeness (QED) is 0.802. The highest BCUT2D eigenvalue weighted by Gasteiger charge is 2.23. The summed E-state index contributed by atoms with van der Waals surface area (Å²) in [5, 5.41) is 8.24. The molecule has 8 heteroatoms. The second-order valence-electron chi connectivity index (χ2n) is 8.69. The van der Waals surface area contributed by atoms with Crippen molar-refractivity contribution in [2.24, 2.45) is 5.92 Å². The number of H-pyrrole nitrogens is 1. The molecule has 0 aliphatic carbocycles. The highest BCUT2D eigenvalue weighted by atomic mass is 16.5. The van der Waals surface area contributed by atoms with E-state index in [-0.39, 0.29) is 11.1 Å². The van der Waals surface area contributed by atoms with Crippen molar-refractivity contribution >= 4 is 17.0 Å². The lowest BCUT2D eigenvalue weighted by atomic mass is 10.0. The van der Waals surface area contributed by atoms with Gasteiger partial charge in [-0.05, 0) is 33.1 Å². The third kappa shape index (κ3) is 4.68. The van der Waals surface area contributed by atoms with E-state index < -0.39 is 0 Å². The van der Waals surface area contributed by atoms with Crippen molar-refractivity contribution in [3.8, 4) is 0 Å². The Morgan fingerprint density at radius 2 is 2.00 bits per heavy atom. The molecule has 0 spiro atoms. The van der Waals surface area contributed by atoms with E-state index in [1.54, 1.807) is 10.9 Å². The zero-order valence-electron chi connectivity index (χ0n) is 17.1. The van der Waals surface area contributed by atoms with E-state index in [2.05, 4.69) is 39.1 Å². The van der Waals surface area contributed by atoms with Gasteiger partial charge in [-0.1, -0.05) is 13.8 Å². The largest absolute Gasteiger partial charge is 0.379 e. The van der Waals surface area contributed by atoms with Crippen LogP contribution in [0.3, 0.4) is 0 Å². The molecule has 8 nitrogen and oxygen atoms in total. The molecule has 3 heterocycles. The van der Waals surface area contributed by atoms with Gasteiger partial charge in [-0.25, -0.2) is 4.68 Å². The molecule has 1 aliphatic heterocycles. The van der Waals surface area contributed by atoms with Crippen LogP contribution in [0.2, 0.25) is 0 Å². The number of rotatable bonds is 6. The van der Waals surface area contributed by atoms with Gasteiger partial charge in [0, 0.05) is 25.7 Å². The van der Waals surface area contributed by atoms with Gasteiger partial charge in [0.1, 0.15) is 5.39 Å². The molecule has 1 unspecified atom stereocenters. The maximum absolute atomic E-state index is 12.4. The SMILES string of the molecule is CC(C)CC(CNc1nc2c(cnn2C(C)(C)C)c(=O)[nH]1)N1CCOCC1. The summed E-state index contributed by atoms with van der Waals surface area (Å²) in [6.45, 7) is 14.8. The number of ether oxygens (including phenoxy) is 1. The van der Waals surface area contributed by atoms with Crippen LogP contribution in [0.1, 0.15) is 41.0 Å². The average molecular weight is 377 g/mol. The number of aromatic amines is 1. The van der Waals surface area contributed by atoms with E-state index in [1.165, 1.54) is 0 Å². The molecule has 150 valence electrons. The maximum atomic E-state index is 12.4. The fourth-order valence-electron chi connectivity index (χ4n) is 3.56. The first-order valence-electron chi connectivity index (χ1n) is 9.80. The summed E-state index contributed by atoms with van der Waals surface area (Å²) in [6, 6.07) is 0.377. The van der Waals surface area contributed by atoms with Crippen molar-refractivity contribution in [2.75, 3.05) is 38.2 Å². The van der Waals surface area contributed by atoms with E-state index in [4.69, 9.17) is 4.74 Å². The zero-order chi connectivity index (χ0) is 19.6. The molecule has 27 heavy (non-hydrogen) atoms. The highest BCUT2D eigenvalue weighted by Crippen LogP contribution is 2.19. The number of hydrogen-bond acceptors (Lipinski definition) is 6. The Morgan fingerprint density at radius 1 is 1.30 bits per heavy atom. The Balaban J connectivity index is 1.81. The number of anilines is 1. The minimum atomic E-state index is -0.242. The van der Waals surface area contributed by atoms with Crippen molar-refractivity contribution in [1.29, 1.82) is 0 Å². The molecular weight excluding hydrogens is 344 g/mol. The van der Waals surface area contributed by atoms with Crippen molar-refractivity contribution in [1.82, 2.24) is 24.6 Å². The van der Waals surface area contributed by atoms with E-state index in [0.29, 0.717) is 28.9 Å². The lowest BCUT2D eigenvalue weighted by Crippen LogP contribution is -2.47. The van der Waals surface area contributed by atoms with Gasteiger partial charge in [-0.2, -0.15) is 10.1 Å². The van der Waals surface area contributed by atoms with Gasteiger partial charge in [0.25, 0.3) is 5.56 Å². The summed E-state index contributed by atoms with van der Waals surface area (Å²) in [5.74, 6) is 1.09. The summed E-state index contributed by atoms with van der Waals surface area (Å²) in [5.41, 5.74) is 0.207. The second kappa shape index (κ2) is 7.98. The van der Waals surface area contributed by atoms with Crippen LogP contribution in [0.25, 0.3) is 11.0 Å². The molecule has 0 radical (unpaired) electrons. The van der Waals surface area contributed by atoms with Crippen molar-refractivity contribution in [2.45, 2.75) is 52.6 Å². The predicted molar refractivity (Wildman–Crippen MR) is 107 cm³/mol. The normalized spacial score (nSPS) is 17.6. The third-order valence-corrected chi connectivity index (χ3v) is 4.88. The van der Waals surface area contributed by atoms with Gasteiger partial charge in [0.2, 0.25) is 5.95 Å². The van der Waals surface area contributed by atoms with Gasteiger partial charge in [-0.3, -0.25) is 14.7 Å². The summed E-state index contributed by atoms with van der Waals surface area (Å²) in [6.07, 6.45) is 2.67. The molecule has 1 atom stereocenters. The molecule has 1 saturated heterocycles. The van der Waals surface area contributed by atoms with E-state index >= 15 is 0 Å². The Labute approximate surface area is 160 Å². The second-order valence-corrected chi connectivity index (χ2v) is 8.69. The molecule has 0 aromatic carbocycles. The van der Waals surface area contributed by atoms with Crippen molar-refractivity contribution in [3.05, 3.63) is 16.6 Å². The zero-order valence-corrected chi connectivity index (χ0v) is 17.1. The van der Waals surface area contributed by atoms with Crippen LogP contribution in [0.4, 0.5) is 5.95 Å². The van der Waals surface area contributed by atoms with Crippen LogP contribution in [-0.2, 0) is 10.3 Å². The monoisotopic (exact) mass is 376 g/mol. The Bertz CT molecular complexity index is 814. The molecule has 1 aliphatic rings. The maximum Gasteiger partial charge on any atom is 0.263 e. The first-order valence-corrected chi connectivity index (χ1v) is 9.80. The van der Waals surface area contributed by atoms with Gasteiger partial charge in [0.05, 0.1) is 24.9 Å². The number of nitrogens with zero attached hydrogens (tertiary/aromatic N) is 4. The number of aromatic nitrogens is 4. The first kappa shape index (κ1) is 19.8. The predicted octanol–water partition coefficient (Wildman–Crippen LogP) is 2.03. The molecule has 3 rings (SSSR count). The van der Waals surface area contributed by atoms with Gasteiger partial charge < -0.3 is 10.1 Å². The molecule has 2 aromatic rings. The van der Waals surface area contributed by atoms with Crippen LogP contribution in [0, 0.1) is 5.92 Å². The van der Waals surface area contributed by atoms with E-state index in [9.17, 15) is 4.79 Å². The summed E-state index contributed by atoms with van der Waals surface area (Å²) < 4.78 is 7.29. The molecule has 0 bridgehead atoms. The first-order chi connectivity index (χ1) is 12.8. The van der Waals surface area contributed by atoms with Crippen molar-refractivity contribution < 1.29 is 4.74 Å². The molecule has 1 fully saturated rings. The van der Waals surface area contributed by atoms with Crippen LogP contribution in [0.5, 0.6) is 0 Å². The lowest BCUT2D eigenvalue weighted by molar-refractivity contribution is 0.0150. The number of morpholine rings is 1. The summed E-state index contributed by atoms with van der Waals surface area (Å²) in [7, 11) is 0. The number of fused-ring (bicyclic) bond motifs is 1. The number of hydrogen-bond donors (Lipinski definition) is 2. The molecule has 0 amide bonds. The number of nitrogens with one attached hydrogen (secondary N) is 2. The lowest BCUT2D eigenvalue weighted by Gasteiger charge is -2.35. The summed E-state index contributed by atoms with van der Waals surface area (Å²) >= 11 is 0. The fraction of sp³-hybridized carbons (Fsp3) is 0.737. The van der Waals surface area contributed by atoms with Gasteiger partial charge in [-0.15, -0.1) is 0 Å². The van der Waals surface area contributed by atoms with Gasteiger partial charge >= 0.3 is 0 Å². The topological polar surface area (TPSA) is 88.1 Å². The van der Waals surface area contributed by atoms with Crippen LogP contribution in [-0.4, -0.2) is 63.5 Å². The Hall–Kier alpha value is -1.93. The smallest absolute Gasteiger partial charge is 0.263 e. The van der Waals surface area contributed by atoms with E-state index in [0.717, 1.165) is 39.3 Å².